The molecule has 8 heteroatoms. The van der Waals surface area contributed by atoms with E-state index in [1.165, 1.54) is 31.4 Å². The van der Waals surface area contributed by atoms with Crippen LogP contribution in [-0.4, -0.2) is 26.3 Å². The third kappa shape index (κ3) is 4.65. The van der Waals surface area contributed by atoms with Crippen LogP contribution in [0.15, 0.2) is 29.2 Å². The molecule has 7 nitrogen and oxygen atoms in total. The number of carbonyl (C=O) groups excluding carboxylic acids is 2. The molecule has 1 aromatic carbocycles. The molecule has 0 spiro atoms. The maximum atomic E-state index is 13.4. The van der Waals surface area contributed by atoms with Gasteiger partial charge in [-0.2, -0.15) is 0 Å². The highest BCUT2D eigenvalue weighted by Gasteiger charge is 2.55. The Morgan fingerprint density at radius 3 is 2.00 bits per heavy atom. The smallest absolute Gasteiger partial charge is 0.243 e. The summed E-state index contributed by atoms with van der Waals surface area (Å²) in [4.78, 5) is 26.3. The van der Waals surface area contributed by atoms with Crippen molar-refractivity contribution in [1.82, 2.24) is 10.6 Å². The van der Waals surface area contributed by atoms with Crippen molar-refractivity contribution in [3.05, 3.63) is 29.8 Å². The van der Waals surface area contributed by atoms with Gasteiger partial charge in [-0.1, -0.05) is 26.0 Å². The Balaban J connectivity index is 1.38. The molecule has 31 heavy (non-hydrogen) atoms. The molecule has 4 fully saturated rings. The zero-order valence-corrected chi connectivity index (χ0v) is 19.1. The Labute approximate surface area is 184 Å². The van der Waals surface area contributed by atoms with Crippen molar-refractivity contribution in [2.24, 2.45) is 34.2 Å². The number of carbonyl (C=O) groups is 2. The SMILES string of the molecule is CC(C)C(NC(=O)C12CC3CC(CC(C3)C1)C2)C(=O)NCc1ccc(S(N)(=O)=O)cc1. The number of hydrogen-bond acceptors (Lipinski definition) is 4. The normalized spacial score (nSPS) is 30.3. The molecule has 4 aliphatic rings. The van der Waals surface area contributed by atoms with E-state index in [1.807, 2.05) is 13.8 Å². The molecule has 0 heterocycles. The second kappa shape index (κ2) is 8.20. The van der Waals surface area contributed by atoms with Crippen molar-refractivity contribution in [3.8, 4) is 0 Å². The van der Waals surface area contributed by atoms with Gasteiger partial charge in [-0.15, -0.1) is 0 Å². The van der Waals surface area contributed by atoms with Crippen molar-refractivity contribution >= 4 is 21.8 Å². The van der Waals surface area contributed by atoms with Crippen molar-refractivity contribution in [2.45, 2.75) is 69.9 Å². The lowest BCUT2D eigenvalue weighted by Crippen LogP contribution is -2.58. The van der Waals surface area contributed by atoms with Gasteiger partial charge in [0.15, 0.2) is 0 Å². The van der Waals surface area contributed by atoms with E-state index in [0.29, 0.717) is 17.8 Å². The molecule has 4 bridgehead atoms. The van der Waals surface area contributed by atoms with Gasteiger partial charge in [0, 0.05) is 12.0 Å². The van der Waals surface area contributed by atoms with Crippen LogP contribution < -0.4 is 15.8 Å². The molecule has 1 atom stereocenters. The maximum Gasteiger partial charge on any atom is 0.243 e. The van der Waals surface area contributed by atoms with Crippen molar-refractivity contribution in [1.29, 1.82) is 0 Å². The first-order valence-corrected chi connectivity index (χ1v) is 12.8. The zero-order valence-electron chi connectivity index (χ0n) is 18.3. The number of amides is 2. The fourth-order valence-electron chi connectivity index (χ4n) is 6.31. The Kier molecular flexibility index (Phi) is 5.89. The van der Waals surface area contributed by atoms with Gasteiger partial charge in [0.05, 0.1) is 4.90 Å². The van der Waals surface area contributed by atoms with Crippen LogP contribution in [-0.2, 0) is 26.2 Å². The molecule has 4 N–H and O–H groups in total. The van der Waals surface area contributed by atoms with Gasteiger partial charge in [-0.25, -0.2) is 13.6 Å². The maximum absolute atomic E-state index is 13.4. The summed E-state index contributed by atoms with van der Waals surface area (Å²) in [6.45, 7) is 4.12. The Morgan fingerprint density at radius 1 is 1.03 bits per heavy atom. The molecule has 2 amide bonds. The molecule has 1 aromatic rings. The van der Waals surface area contributed by atoms with Gasteiger partial charge in [0.1, 0.15) is 6.04 Å². The highest BCUT2D eigenvalue weighted by Crippen LogP contribution is 2.60. The van der Waals surface area contributed by atoms with E-state index >= 15 is 0 Å². The van der Waals surface area contributed by atoms with Crippen LogP contribution in [0.1, 0.15) is 57.9 Å². The lowest BCUT2D eigenvalue weighted by Gasteiger charge is -2.55. The first-order valence-electron chi connectivity index (χ1n) is 11.3. The van der Waals surface area contributed by atoms with E-state index in [-0.39, 0.29) is 34.6 Å². The number of rotatable bonds is 7. The molecule has 1 unspecified atom stereocenters. The average Bonchev–Trinajstić information content (AvgIpc) is 2.68. The van der Waals surface area contributed by atoms with E-state index in [0.717, 1.165) is 24.8 Å². The molecule has 4 aliphatic carbocycles. The summed E-state index contributed by atoms with van der Waals surface area (Å²) >= 11 is 0. The molecule has 5 rings (SSSR count). The summed E-state index contributed by atoms with van der Waals surface area (Å²) in [5.74, 6) is 1.81. The van der Waals surface area contributed by atoms with Crippen LogP contribution in [0.4, 0.5) is 0 Å². The van der Waals surface area contributed by atoms with Gasteiger partial charge < -0.3 is 10.6 Å². The Hall–Kier alpha value is -1.93. The number of sulfonamides is 1. The van der Waals surface area contributed by atoms with Crippen LogP contribution in [0, 0.1) is 29.1 Å². The van der Waals surface area contributed by atoms with Gasteiger partial charge >= 0.3 is 0 Å². The molecule has 170 valence electrons. The predicted octanol–water partition coefficient (Wildman–Crippen LogP) is 2.31. The van der Waals surface area contributed by atoms with E-state index < -0.39 is 16.1 Å². The van der Waals surface area contributed by atoms with Gasteiger partial charge in [-0.3, -0.25) is 9.59 Å². The summed E-state index contributed by atoms with van der Waals surface area (Å²) < 4.78 is 22.7. The summed E-state index contributed by atoms with van der Waals surface area (Å²) in [6, 6.07) is 5.50. The number of hydrogen-bond donors (Lipinski definition) is 3. The summed E-state index contributed by atoms with van der Waals surface area (Å²) in [7, 11) is -3.74. The van der Waals surface area contributed by atoms with Crippen LogP contribution in [0.25, 0.3) is 0 Å². The molecule has 0 aliphatic heterocycles. The monoisotopic (exact) mass is 447 g/mol. The van der Waals surface area contributed by atoms with Crippen LogP contribution >= 0.6 is 0 Å². The first kappa shape index (κ1) is 22.3. The number of benzene rings is 1. The highest BCUT2D eigenvalue weighted by molar-refractivity contribution is 7.89. The Morgan fingerprint density at radius 2 is 1.55 bits per heavy atom. The minimum absolute atomic E-state index is 0.0328. The molecule has 0 aromatic heterocycles. The second-order valence-electron chi connectivity index (χ2n) is 10.3. The molecule has 0 radical (unpaired) electrons. The minimum atomic E-state index is -3.74. The van der Waals surface area contributed by atoms with E-state index in [9.17, 15) is 18.0 Å². The lowest BCUT2D eigenvalue weighted by atomic mass is 9.49. The van der Waals surface area contributed by atoms with Gasteiger partial charge in [0.2, 0.25) is 21.8 Å². The molecular weight excluding hydrogens is 414 g/mol. The third-order valence-electron chi connectivity index (χ3n) is 7.47. The summed E-state index contributed by atoms with van der Waals surface area (Å²) in [6.07, 6.45) is 6.70. The lowest BCUT2D eigenvalue weighted by molar-refractivity contribution is -0.149. The van der Waals surface area contributed by atoms with Crippen molar-refractivity contribution in [3.63, 3.8) is 0 Å². The fraction of sp³-hybridized carbons (Fsp3) is 0.652. The molecule has 4 saturated carbocycles. The molecular formula is C23H33N3O4S. The first-order chi connectivity index (χ1) is 14.6. The van der Waals surface area contributed by atoms with Crippen LogP contribution in [0.2, 0.25) is 0 Å². The number of primary sulfonamides is 1. The third-order valence-corrected chi connectivity index (χ3v) is 8.40. The summed E-state index contributed by atoms with van der Waals surface area (Å²) in [5, 5.41) is 11.1. The Bertz CT molecular complexity index is 920. The van der Waals surface area contributed by atoms with Crippen LogP contribution in [0.5, 0.6) is 0 Å². The zero-order chi connectivity index (χ0) is 22.4. The van der Waals surface area contributed by atoms with Crippen molar-refractivity contribution in [2.75, 3.05) is 0 Å². The van der Waals surface area contributed by atoms with E-state index in [2.05, 4.69) is 10.6 Å². The summed E-state index contributed by atoms with van der Waals surface area (Å²) in [5.41, 5.74) is 0.474. The average molecular weight is 448 g/mol. The van der Waals surface area contributed by atoms with Crippen molar-refractivity contribution < 1.29 is 18.0 Å². The topological polar surface area (TPSA) is 118 Å². The van der Waals surface area contributed by atoms with E-state index in [4.69, 9.17) is 5.14 Å². The highest BCUT2D eigenvalue weighted by atomic mass is 32.2. The van der Waals surface area contributed by atoms with E-state index in [1.54, 1.807) is 12.1 Å². The number of nitrogens with two attached hydrogens (primary N) is 1. The number of nitrogens with one attached hydrogen (secondary N) is 2. The quantitative estimate of drug-likeness (QED) is 0.594. The van der Waals surface area contributed by atoms with Gasteiger partial charge in [-0.05, 0) is 79.9 Å². The standard InChI is InChI=1S/C23H33N3O4S/c1-14(2)20(21(27)25-13-15-3-5-19(6-4-15)31(24,29)30)26-22(28)23-10-16-7-17(11-23)9-18(8-16)12-23/h3-6,14,16-18,20H,7-13H2,1-2H3,(H,25,27)(H,26,28)(H2,24,29,30). The van der Waals surface area contributed by atoms with Gasteiger partial charge in [0.25, 0.3) is 0 Å². The minimum Gasteiger partial charge on any atom is -0.350 e. The fourth-order valence-corrected chi connectivity index (χ4v) is 6.83. The largest absolute Gasteiger partial charge is 0.350 e. The molecule has 0 saturated heterocycles. The second-order valence-corrected chi connectivity index (χ2v) is 11.9. The van der Waals surface area contributed by atoms with Crippen LogP contribution in [0.3, 0.4) is 0 Å². The predicted molar refractivity (Wildman–Crippen MR) is 117 cm³/mol.